The van der Waals surface area contributed by atoms with E-state index in [1.807, 2.05) is 0 Å². The van der Waals surface area contributed by atoms with Gasteiger partial charge in [0.15, 0.2) is 0 Å². The van der Waals surface area contributed by atoms with Crippen LogP contribution in [0.25, 0.3) is 0 Å². The number of pyridine rings is 1. The van der Waals surface area contributed by atoms with Crippen LogP contribution in [-0.4, -0.2) is 39.5 Å². The lowest BCUT2D eigenvalue weighted by molar-refractivity contribution is 0.0541. The van der Waals surface area contributed by atoms with E-state index in [-0.39, 0.29) is 23.8 Å². The molecule has 2 unspecified atom stereocenters. The van der Waals surface area contributed by atoms with Crippen molar-refractivity contribution >= 4 is 11.8 Å². The Morgan fingerprint density at radius 2 is 2.05 bits per heavy atom. The number of carbonyl (C=O) groups is 2. The molecule has 5 heteroatoms. The van der Waals surface area contributed by atoms with E-state index in [2.05, 4.69) is 4.98 Å². The third-order valence-corrected chi connectivity index (χ3v) is 3.97. The predicted molar refractivity (Wildman–Crippen MR) is 67.6 cm³/mol. The van der Waals surface area contributed by atoms with E-state index in [1.54, 1.807) is 6.07 Å². The minimum absolute atomic E-state index is 0.207. The van der Waals surface area contributed by atoms with Crippen molar-refractivity contribution in [3.63, 3.8) is 0 Å². The summed E-state index contributed by atoms with van der Waals surface area (Å²) in [5.41, 5.74) is 0.834. The molecule has 3 rings (SSSR count). The van der Waals surface area contributed by atoms with E-state index in [4.69, 9.17) is 0 Å². The number of carbonyl (C=O) groups excluding carboxylic acids is 2. The van der Waals surface area contributed by atoms with Crippen molar-refractivity contribution < 1.29 is 14.7 Å². The second-order valence-electron chi connectivity index (χ2n) is 5.33. The van der Waals surface area contributed by atoms with Gasteiger partial charge in [0.05, 0.1) is 17.2 Å². The van der Waals surface area contributed by atoms with E-state index in [9.17, 15) is 14.7 Å². The Hall–Kier alpha value is -1.75. The Morgan fingerprint density at radius 3 is 2.79 bits per heavy atom. The van der Waals surface area contributed by atoms with Gasteiger partial charge in [0.2, 0.25) is 0 Å². The SMILES string of the molecule is O=C1c2ccncc2C(=O)N1CC1CCCC(O)C1. The minimum atomic E-state index is -0.296. The Morgan fingerprint density at radius 1 is 1.26 bits per heavy atom. The lowest BCUT2D eigenvalue weighted by atomic mass is 9.87. The molecule has 2 atom stereocenters. The van der Waals surface area contributed by atoms with Crippen molar-refractivity contribution in [1.29, 1.82) is 0 Å². The number of aliphatic hydroxyl groups excluding tert-OH is 1. The first-order valence-corrected chi connectivity index (χ1v) is 6.65. The van der Waals surface area contributed by atoms with Gasteiger partial charge in [-0.2, -0.15) is 0 Å². The molecule has 1 N–H and O–H groups in total. The summed E-state index contributed by atoms with van der Waals surface area (Å²) in [6.07, 6.45) is 6.09. The molecular formula is C14H16N2O3. The molecule has 0 saturated heterocycles. The van der Waals surface area contributed by atoms with Crippen LogP contribution < -0.4 is 0 Å². The number of rotatable bonds is 2. The zero-order valence-electron chi connectivity index (χ0n) is 10.6. The number of nitrogens with zero attached hydrogens (tertiary/aromatic N) is 2. The monoisotopic (exact) mass is 260 g/mol. The largest absolute Gasteiger partial charge is 0.393 e. The summed E-state index contributed by atoms with van der Waals surface area (Å²) in [6.45, 7) is 0.406. The first-order chi connectivity index (χ1) is 9.16. The van der Waals surface area contributed by atoms with Crippen LogP contribution in [0.3, 0.4) is 0 Å². The zero-order valence-corrected chi connectivity index (χ0v) is 10.6. The van der Waals surface area contributed by atoms with Gasteiger partial charge in [-0.25, -0.2) is 0 Å². The summed E-state index contributed by atoms with van der Waals surface area (Å²) in [4.78, 5) is 29.5. The second-order valence-corrected chi connectivity index (χ2v) is 5.33. The number of imide groups is 1. The number of hydrogen-bond donors (Lipinski definition) is 1. The maximum atomic E-state index is 12.2. The molecule has 0 aromatic carbocycles. The highest BCUT2D eigenvalue weighted by atomic mass is 16.3. The van der Waals surface area contributed by atoms with E-state index in [0.717, 1.165) is 19.3 Å². The molecule has 1 saturated carbocycles. The van der Waals surface area contributed by atoms with Crippen molar-refractivity contribution in [3.8, 4) is 0 Å². The summed E-state index contributed by atoms with van der Waals surface area (Å²) in [5.74, 6) is -0.283. The fraction of sp³-hybridized carbons (Fsp3) is 0.500. The Bertz CT molecular complexity index is 494. The molecule has 0 spiro atoms. The van der Waals surface area contributed by atoms with Gasteiger partial charge in [0.1, 0.15) is 0 Å². The molecule has 1 aromatic heterocycles. The molecule has 0 radical (unpaired) electrons. The maximum absolute atomic E-state index is 12.2. The molecular weight excluding hydrogens is 244 g/mol. The molecule has 5 nitrogen and oxygen atoms in total. The number of aromatic nitrogens is 1. The third kappa shape index (κ3) is 2.14. The van der Waals surface area contributed by atoms with Crippen LogP contribution in [0.4, 0.5) is 0 Å². The molecule has 1 aliphatic heterocycles. The molecule has 100 valence electrons. The molecule has 2 aliphatic rings. The lowest BCUT2D eigenvalue weighted by Gasteiger charge is -2.28. The lowest BCUT2D eigenvalue weighted by Crippen LogP contribution is -2.37. The first-order valence-electron chi connectivity index (χ1n) is 6.65. The third-order valence-electron chi connectivity index (χ3n) is 3.97. The molecule has 2 heterocycles. The average Bonchev–Trinajstić information content (AvgIpc) is 2.65. The smallest absolute Gasteiger partial charge is 0.263 e. The number of amides is 2. The quantitative estimate of drug-likeness (QED) is 0.812. The van der Waals surface area contributed by atoms with Crippen LogP contribution in [-0.2, 0) is 0 Å². The minimum Gasteiger partial charge on any atom is -0.393 e. The van der Waals surface area contributed by atoms with Crippen molar-refractivity contribution in [2.24, 2.45) is 5.92 Å². The number of aliphatic hydroxyl groups is 1. The highest BCUT2D eigenvalue weighted by molar-refractivity contribution is 6.21. The van der Waals surface area contributed by atoms with Crippen molar-refractivity contribution in [2.75, 3.05) is 6.54 Å². The van der Waals surface area contributed by atoms with Gasteiger partial charge in [-0.05, 0) is 31.2 Å². The zero-order chi connectivity index (χ0) is 13.4. The molecule has 2 amide bonds. The van der Waals surface area contributed by atoms with Crippen molar-refractivity contribution in [1.82, 2.24) is 9.88 Å². The Kier molecular flexibility index (Phi) is 3.06. The normalized spacial score (nSPS) is 26.7. The summed E-state index contributed by atoms with van der Waals surface area (Å²) in [7, 11) is 0. The van der Waals surface area contributed by atoms with Crippen LogP contribution in [0.5, 0.6) is 0 Å². The summed E-state index contributed by atoms with van der Waals surface area (Å²) in [6, 6.07) is 1.59. The van der Waals surface area contributed by atoms with Gasteiger partial charge < -0.3 is 5.11 Å². The Balaban J connectivity index is 1.77. The van der Waals surface area contributed by atoms with Gasteiger partial charge in [0, 0.05) is 18.9 Å². The highest BCUT2D eigenvalue weighted by Crippen LogP contribution is 2.28. The molecule has 19 heavy (non-hydrogen) atoms. The summed E-state index contributed by atoms with van der Waals surface area (Å²) in [5, 5.41) is 9.66. The van der Waals surface area contributed by atoms with Crippen LogP contribution in [0.15, 0.2) is 18.5 Å². The first kappa shape index (κ1) is 12.3. The summed E-state index contributed by atoms with van der Waals surface area (Å²) < 4.78 is 0. The predicted octanol–water partition coefficient (Wildman–Crippen LogP) is 1.23. The summed E-state index contributed by atoms with van der Waals surface area (Å²) >= 11 is 0. The van der Waals surface area contributed by atoms with Gasteiger partial charge in [-0.15, -0.1) is 0 Å². The van der Waals surface area contributed by atoms with Crippen LogP contribution in [0.2, 0.25) is 0 Å². The van der Waals surface area contributed by atoms with E-state index < -0.39 is 0 Å². The number of hydrogen-bond acceptors (Lipinski definition) is 4. The molecule has 1 aromatic rings. The average molecular weight is 260 g/mol. The molecule has 1 fully saturated rings. The van der Waals surface area contributed by atoms with Crippen LogP contribution in [0, 0.1) is 5.92 Å². The van der Waals surface area contributed by atoms with E-state index in [1.165, 1.54) is 17.3 Å². The fourth-order valence-electron chi connectivity index (χ4n) is 2.99. The fourth-order valence-corrected chi connectivity index (χ4v) is 2.99. The topological polar surface area (TPSA) is 70.5 Å². The van der Waals surface area contributed by atoms with E-state index >= 15 is 0 Å². The van der Waals surface area contributed by atoms with E-state index in [0.29, 0.717) is 24.1 Å². The standard InChI is InChI=1S/C14H16N2O3/c17-10-3-1-2-9(6-10)8-16-13(18)11-4-5-15-7-12(11)14(16)19/h4-5,7,9-10,17H,1-3,6,8H2. The molecule has 1 aliphatic carbocycles. The maximum Gasteiger partial charge on any atom is 0.263 e. The second kappa shape index (κ2) is 4.74. The van der Waals surface area contributed by atoms with Gasteiger partial charge >= 0.3 is 0 Å². The van der Waals surface area contributed by atoms with Crippen molar-refractivity contribution in [2.45, 2.75) is 31.8 Å². The Labute approximate surface area is 111 Å². The van der Waals surface area contributed by atoms with Gasteiger partial charge in [-0.1, -0.05) is 6.42 Å². The number of fused-ring (bicyclic) bond motifs is 1. The van der Waals surface area contributed by atoms with Crippen LogP contribution >= 0.6 is 0 Å². The van der Waals surface area contributed by atoms with Crippen molar-refractivity contribution in [3.05, 3.63) is 29.6 Å². The molecule has 0 bridgehead atoms. The van der Waals surface area contributed by atoms with Gasteiger partial charge in [0.25, 0.3) is 11.8 Å². The highest BCUT2D eigenvalue weighted by Gasteiger charge is 2.37. The van der Waals surface area contributed by atoms with Gasteiger partial charge in [-0.3, -0.25) is 19.5 Å². The van der Waals surface area contributed by atoms with Crippen LogP contribution in [0.1, 0.15) is 46.4 Å².